The van der Waals surface area contributed by atoms with Gasteiger partial charge in [-0.25, -0.2) is 4.98 Å². The predicted molar refractivity (Wildman–Crippen MR) is 96.2 cm³/mol. The van der Waals surface area contributed by atoms with Gasteiger partial charge in [-0.1, -0.05) is 30.0 Å². The van der Waals surface area contributed by atoms with E-state index in [-0.39, 0.29) is 10.8 Å². The minimum absolute atomic E-state index is 0.107. The van der Waals surface area contributed by atoms with E-state index in [9.17, 15) is 4.79 Å². The Morgan fingerprint density at radius 1 is 1.08 bits per heavy atom. The number of hydrogen-bond acceptors (Lipinski definition) is 6. The zero-order chi connectivity index (χ0) is 17.2. The van der Waals surface area contributed by atoms with Crippen LogP contribution >= 0.6 is 11.8 Å². The van der Waals surface area contributed by atoms with Gasteiger partial charge in [-0.05, 0) is 31.2 Å². The Labute approximate surface area is 147 Å². The maximum atomic E-state index is 12.2. The molecule has 1 aromatic carbocycles. The first-order valence-electron chi connectivity index (χ1n) is 7.70. The van der Waals surface area contributed by atoms with Crippen LogP contribution in [0.5, 0.6) is 0 Å². The fourth-order valence-corrected chi connectivity index (χ4v) is 3.21. The lowest BCUT2D eigenvalue weighted by Crippen LogP contribution is -2.12. The van der Waals surface area contributed by atoms with E-state index in [1.165, 1.54) is 11.8 Å². The molecule has 25 heavy (non-hydrogen) atoms. The maximum Gasteiger partial charge on any atom is 0.258 e. The minimum Gasteiger partial charge on any atom is -0.309 e. The Balaban J connectivity index is 1.59. The summed E-state index contributed by atoms with van der Waals surface area (Å²) in [6.45, 7) is 1.95. The molecule has 3 heterocycles. The topological polar surface area (TPSA) is 100 Å². The summed E-state index contributed by atoms with van der Waals surface area (Å²) in [6, 6.07) is 12.9. The second-order valence-corrected chi connectivity index (χ2v) is 6.72. The second-order valence-electron chi connectivity index (χ2n) is 5.41. The highest BCUT2D eigenvalue weighted by molar-refractivity contribution is 7.99. The number of rotatable bonds is 4. The van der Waals surface area contributed by atoms with Crippen molar-refractivity contribution >= 4 is 22.7 Å². The monoisotopic (exact) mass is 350 g/mol. The number of thioether (sulfide) groups is 1. The molecule has 0 amide bonds. The average molecular weight is 350 g/mol. The molecule has 0 saturated carbocycles. The molecule has 0 fully saturated rings. The number of hydrogen-bond donors (Lipinski definition) is 2. The summed E-state index contributed by atoms with van der Waals surface area (Å²) in [5.41, 5.74) is 1.27. The van der Waals surface area contributed by atoms with Crippen LogP contribution in [0.4, 0.5) is 0 Å². The molecule has 1 atom stereocenters. The van der Waals surface area contributed by atoms with Gasteiger partial charge < -0.3 is 4.98 Å². The summed E-state index contributed by atoms with van der Waals surface area (Å²) < 4.78 is 0. The highest BCUT2D eigenvalue weighted by Gasteiger charge is 2.15. The van der Waals surface area contributed by atoms with Crippen LogP contribution in [0.3, 0.4) is 0 Å². The number of para-hydroxylation sites is 1. The smallest absolute Gasteiger partial charge is 0.258 e. The second kappa shape index (κ2) is 6.48. The van der Waals surface area contributed by atoms with Gasteiger partial charge in [-0.2, -0.15) is 4.98 Å². The highest BCUT2D eigenvalue weighted by Crippen LogP contribution is 2.31. The molecule has 0 bridgehead atoms. The molecule has 7 nitrogen and oxygen atoms in total. The van der Waals surface area contributed by atoms with E-state index in [4.69, 9.17) is 0 Å². The normalized spacial score (nSPS) is 12.4. The molecule has 0 aliphatic heterocycles. The largest absolute Gasteiger partial charge is 0.309 e. The molecular formula is C17H14N6OS. The zero-order valence-electron chi connectivity index (χ0n) is 13.3. The highest BCUT2D eigenvalue weighted by atomic mass is 32.2. The van der Waals surface area contributed by atoms with E-state index in [2.05, 4.69) is 30.1 Å². The third-order valence-electron chi connectivity index (χ3n) is 3.67. The molecule has 2 N–H and O–H groups in total. The Hall–Kier alpha value is -3.00. The summed E-state index contributed by atoms with van der Waals surface area (Å²) in [4.78, 5) is 28.3. The first-order chi connectivity index (χ1) is 12.2. The van der Waals surface area contributed by atoms with Crippen LogP contribution in [0.2, 0.25) is 0 Å². The first-order valence-corrected chi connectivity index (χ1v) is 8.58. The fraction of sp³-hybridized carbons (Fsp3) is 0.118. The number of nitrogens with one attached hydrogen (secondary N) is 2. The van der Waals surface area contributed by atoms with Gasteiger partial charge in [0.25, 0.3) is 5.56 Å². The fourth-order valence-electron chi connectivity index (χ4n) is 2.43. The average Bonchev–Trinajstić information content (AvgIpc) is 3.11. The zero-order valence-corrected chi connectivity index (χ0v) is 14.1. The molecule has 0 spiro atoms. The van der Waals surface area contributed by atoms with Crippen LogP contribution < -0.4 is 5.56 Å². The van der Waals surface area contributed by atoms with Gasteiger partial charge in [-0.15, -0.1) is 5.10 Å². The van der Waals surface area contributed by atoms with Crippen LogP contribution in [0.25, 0.3) is 22.4 Å². The Kier molecular flexibility index (Phi) is 4.02. The Morgan fingerprint density at radius 2 is 1.92 bits per heavy atom. The molecule has 0 aliphatic carbocycles. The third kappa shape index (κ3) is 3.16. The summed E-state index contributed by atoms with van der Waals surface area (Å²) in [5, 5.41) is 8.14. The van der Waals surface area contributed by atoms with Crippen molar-refractivity contribution in [3.05, 3.63) is 64.8 Å². The van der Waals surface area contributed by atoms with Crippen molar-refractivity contribution in [2.45, 2.75) is 17.3 Å². The van der Waals surface area contributed by atoms with E-state index < -0.39 is 0 Å². The van der Waals surface area contributed by atoms with E-state index in [0.717, 1.165) is 5.69 Å². The van der Waals surface area contributed by atoms with Gasteiger partial charge in [0.2, 0.25) is 5.16 Å². The van der Waals surface area contributed by atoms with Gasteiger partial charge in [0, 0.05) is 6.20 Å². The summed E-state index contributed by atoms with van der Waals surface area (Å²) >= 11 is 1.42. The van der Waals surface area contributed by atoms with Crippen molar-refractivity contribution in [1.29, 1.82) is 0 Å². The maximum absolute atomic E-state index is 12.2. The number of H-pyrrole nitrogens is 2. The lowest BCUT2D eigenvalue weighted by Gasteiger charge is -2.08. The lowest BCUT2D eigenvalue weighted by molar-refractivity contribution is 0.904. The molecule has 0 radical (unpaired) electrons. The van der Waals surface area contributed by atoms with Crippen LogP contribution in [0, 0.1) is 0 Å². The number of fused-ring (bicyclic) bond motifs is 1. The first kappa shape index (κ1) is 15.5. The molecule has 0 aliphatic rings. The summed E-state index contributed by atoms with van der Waals surface area (Å²) in [6.07, 6.45) is 1.71. The van der Waals surface area contributed by atoms with Gasteiger partial charge in [0.1, 0.15) is 11.5 Å². The van der Waals surface area contributed by atoms with E-state index in [1.807, 2.05) is 43.3 Å². The molecule has 124 valence electrons. The molecular weight excluding hydrogens is 336 g/mol. The number of aromatic amines is 2. The van der Waals surface area contributed by atoms with Crippen molar-refractivity contribution in [3.63, 3.8) is 0 Å². The van der Waals surface area contributed by atoms with Gasteiger partial charge in [0.05, 0.1) is 16.2 Å². The minimum atomic E-state index is -0.141. The molecule has 1 unspecified atom stereocenters. The molecule has 3 aromatic heterocycles. The Morgan fingerprint density at radius 3 is 2.76 bits per heavy atom. The van der Waals surface area contributed by atoms with Crippen molar-refractivity contribution in [2.24, 2.45) is 0 Å². The summed E-state index contributed by atoms with van der Waals surface area (Å²) in [7, 11) is 0. The van der Waals surface area contributed by atoms with Gasteiger partial charge >= 0.3 is 0 Å². The molecule has 4 aromatic rings. The van der Waals surface area contributed by atoms with Crippen LogP contribution in [-0.2, 0) is 0 Å². The molecule has 4 rings (SSSR count). The van der Waals surface area contributed by atoms with E-state index in [1.54, 1.807) is 12.3 Å². The molecule has 8 heteroatoms. The SMILES string of the molecule is CC(Sc1n[nH]c(-c2ccccn2)n1)c1nc2ccccc2c(=O)[nH]1. The van der Waals surface area contributed by atoms with Gasteiger partial charge in [0.15, 0.2) is 5.82 Å². The van der Waals surface area contributed by atoms with Crippen LogP contribution in [0.15, 0.2) is 58.6 Å². The van der Waals surface area contributed by atoms with Crippen molar-refractivity contribution in [2.75, 3.05) is 0 Å². The van der Waals surface area contributed by atoms with Crippen molar-refractivity contribution in [1.82, 2.24) is 30.1 Å². The standard InChI is InChI=1S/C17H14N6OS/c1-10(14-19-12-7-3-2-6-11(12)16(24)20-14)25-17-21-15(22-23-17)13-8-4-5-9-18-13/h2-10H,1H3,(H,19,20,24)(H,21,22,23). The Bertz CT molecular complexity index is 1080. The summed E-state index contributed by atoms with van der Waals surface area (Å²) in [5.74, 6) is 1.20. The van der Waals surface area contributed by atoms with Crippen molar-refractivity contribution in [3.8, 4) is 11.5 Å². The van der Waals surface area contributed by atoms with Crippen LogP contribution in [0.1, 0.15) is 18.0 Å². The van der Waals surface area contributed by atoms with Crippen molar-refractivity contribution < 1.29 is 0 Å². The quantitative estimate of drug-likeness (QED) is 0.549. The van der Waals surface area contributed by atoms with E-state index >= 15 is 0 Å². The number of benzene rings is 1. The predicted octanol–water partition coefficient (Wildman–Crippen LogP) is 2.96. The van der Waals surface area contributed by atoms with Gasteiger partial charge in [-0.3, -0.25) is 14.9 Å². The number of aromatic nitrogens is 6. The van der Waals surface area contributed by atoms with Crippen LogP contribution in [-0.4, -0.2) is 30.1 Å². The number of pyridine rings is 1. The third-order valence-corrected chi connectivity index (χ3v) is 4.64. The van der Waals surface area contributed by atoms with E-state index in [0.29, 0.717) is 27.7 Å². The number of nitrogens with zero attached hydrogens (tertiary/aromatic N) is 4. The molecule has 0 saturated heterocycles. The lowest BCUT2D eigenvalue weighted by atomic mass is 10.2.